The first-order chi connectivity index (χ1) is 21.9. The minimum Gasteiger partial charge on any atom is -0.490 e. The van der Waals surface area contributed by atoms with E-state index in [9.17, 15) is 13.2 Å². The monoisotopic (exact) mass is 653 g/mol. The van der Waals surface area contributed by atoms with Gasteiger partial charge in [0.1, 0.15) is 23.5 Å². The number of anilines is 1. The molecule has 3 aliphatic carbocycles. The van der Waals surface area contributed by atoms with Gasteiger partial charge in [0.15, 0.2) is 0 Å². The Balaban J connectivity index is 1.16. The maximum Gasteiger partial charge on any atom is 0.259 e. The van der Waals surface area contributed by atoms with E-state index in [4.69, 9.17) is 4.74 Å². The summed E-state index contributed by atoms with van der Waals surface area (Å²) in [6, 6.07) is 12.0. The van der Waals surface area contributed by atoms with Crippen LogP contribution >= 0.6 is 0 Å². The first-order valence-electron chi connectivity index (χ1n) is 16.3. The molecule has 3 aromatic rings. The van der Waals surface area contributed by atoms with Crippen molar-refractivity contribution in [1.82, 2.24) is 20.4 Å². The number of halogens is 2. The highest BCUT2D eigenvalue weighted by atomic mass is 32.2. The van der Waals surface area contributed by atoms with Crippen LogP contribution in [0.5, 0.6) is 5.75 Å². The lowest BCUT2D eigenvalue weighted by Gasteiger charge is -2.38. The largest absolute Gasteiger partial charge is 0.490 e. The highest BCUT2D eigenvalue weighted by Crippen LogP contribution is 2.46. The summed E-state index contributed by atoms with van der Waals surface area (Å²) in [4.78, 5) is 13.1. The Bertz CT molecular complexity index is 1770. The van der Waals surface area contributed by atoms with Crippen molar-refractivity contribution < 1.29 is 26.7 Å². The number of benzene rings is 2. The Kier molecular flexibility index (Phi) is 7.86. The van der Waals surface area contributed by atoms with E-state index >= 15 is 8.78 Å². The maximum atomic E-state index is 15.6. The van der Waals surface area contributed by atoms with Gasteiger partial charge in [0.05, 0.1) is 17.6 Å². The van der Waals surface area contributed by atoms with Crippen molar-refractivity contribution in [3.63, 3.8) is 0 Å². The second kappa shape index (κ2) is 11.6. The number of ether oxygens (including phenoxy) is 1. The number of aromatic nitrogens is 2. The predicted molar refractivity (Wildman–Crippen MR) is 172 cm³/mol. The van der Waals surface area contributed by atoms with E-state index < -0.39 is 21.6 Å². The minimum absolute atomic E-state index is 0.0509. The van der Waals surface area contributed by atoms with E-state index in [0.29, 0.717) is 53.3 Å². The summed E-state index contributed by atoms with van der Waals surface area (Å²) in [5.41, 5.74) is 1.15. The van der Waals surface area contributed by atoms with Crippen LogP contribution in [0.1, 0.15) is 81.4 Å². The highest BCUT2D eigenvalue weighted by Gasteiger charge is 2.55. The molecular formula is C34H41F2N5O4S. The number of rotatable bonds is 9. The summed E-state index contributed by atoms with van der Waals surface area (Å²) >= 11 is 0. The molecule has 3 saturated carbocycles. The topological polar surface area (TPSA) is 114 Å². The Hall–Kier alpha value is -3.51. The number of nitrogens with one attached hydrogen (secondary N) is 3. The standard InChI is InChI=1S/C34H41F2N5O4S/c1-21-16-30(40-46(2,43)44)41(39-21)24-11-13-29(27(18-24)26-8-4-9-28(35)31(26)22-6-3-7-22)45-25-12-10-23(17-25)38-32(42)34(36)19-33(37-20-34)14-5-15-33/h4,8-9,11,13,16,18,22-23,25,37,40H,3,5-7,10,12,14-15,17,19-20H2,1-2H3,(H,38,42)/t23-,25-,34-/m1/s1. The van der Waals surface area contributed by atoms with Gasteiger partial charge in [0.25, 0.3) is 5.91 Å². The molecule has 4 aliphatic rings. The van der Waals surface area contributed by atoms with Gasteiger partial charge in [-0.2, -0.15) is 5.10 Å². The van der Waals surface area contributed by atoms with Gasteiger partial charge in [-0.3, -0.25) is 9.52 Å². The van der Waals surface area contributed by atoms with Crippen molar-refractivity contribution in [1.29, 1.82) is 0 Å². The van der Waals surface area contributed by atoms with Crippen molar-refractivity contribution >= 4 is 21.7 Å². The summed E-state index contributed by atoms with van der Waals surface area (Å²) in [6.07, 6.45) is 8.68. The number of amides is 1. The summed E-state index contributed by atoms with van der Waals surface area (Å²) in [5.74, 6) is 0.144. The molecule has 1 amide bonds. The van der Waals surface area contributed by atoms with Gasteiger partial charge in [-0.1, -0.05) is 18.6 Å². The normalized spacial score (nSPS) is 25.7. The number of hydrogen-bond donors (Lipinski definition) is 3. The Morgan fingerprint density at radius 3 is 2.57 bits per heavy atom. The highest BCUT2D eigenvalue weighted by molar-refractivity contribution is 7.92. The molecule has 0 unspecified atom stereocenters. The van der Waals surface area contributed by atoms with Crippen molar-refractivity contribution in [2.24, 2.45) is 0 Å². The zero-order valence-corrected chi connectivity index (χ0v) is 27.1. The fraction of sp³-hybridized carbons (Fsp3) is 0.529. The molecule has 1 aromatic heterocycles. The average molecular weight is 654 g/mol. The molecule has 3 N–H and O–H groups in total. The molecular weight excluding hydrogens is 612 g/mol. The molecule has 1 spiro atoms. The molecule has 46 heavy (non-hydrogen) atoms. The van der Waals surface area contributed by atoms with E-state index in [-0.39, 0.29) is 42.4 Å². The van der Waals surface area contributed by atoms with Crippen LogP contribution in [0, 0.1) is 12.7 Å². The second-order valence-electron chi connectivity index (χ2n) is 13.8. The number of sulfonamides is 1. The number of carbonyl (C=O) groups excluding carboxylic acids is 1. The minimum atomic E-state index is -3.57. The van der Waals surface area contributed by atoms with Crippen LogP contribution in [0.3, 0.4) is 0 Å². The van der Waals surface area contributed by atoms with Crippen LogP contribution in [0.15, 0.2) is 42.5 Å². The summed E-state index contributed by atoms with van der Waals surface area (Å²) in [5, 5.41) is 10.7. The van der Waals surface area contributed by atoms with Gasteiger partial charge in [-0.15, -0.1) is 0 Å². The lowest BCUT2D eigenvalue weighted by Crippen LogP contribution is -2.49. The zero-order chi connectivity index (χ0) is 32.3. The van der Waals surface area contributed by atoms with Gasteiger partial charge in [-0.25, -0.2) is 21.9 Å². The quantitative estimate of drug-likeness (QED) is 0.275. The molecule has 4 fully saturated rings. The van der Waals surface area contributed by atoms with Crippen LogP contribution < -0.4 is 20.1 Å². The Morgan fingerprint density at radius 2 is 1.89 bits per heavy atom. The van der Waals surface area contributed by atoms with Crippen LogP contribution in [0.25, 0.3) is 16.8 Å². The van der Waals surface area contributed by atoms with E-state index in [0.717, 1.165) is 50.3 Å². The van der Waals surface area contributed by atoms with Crippen molar-refractivity contribution in [2.45, 2.75) is 100 Å². The smallest absolute Gasteiger partial charge is 0.259 e. The molecule has 1 aliphatic heterocycles. The molecule has 7 rings (SSSR count). The van der Waals surface area contributed by atoms with Crippen LogP contribution in [-0.2, 0) is 14.8 Å². The third-order valence-electron chi connectivity index (χ3n) is 10.3. The summed E-state index contributed by atoms with van der Waals surface area (Å²) in [6.45, 7) is 1.83. The summed E-state index contributed by atoms with van der Waals surface area (Å²) in [7, 11) is -3.57. The van der Waals surface area contributed by atoms with Gasteiger partial charge in [0.2, 0.25) is 15.7 Å². The van der Waals surface area contributed by atoms with Gasteiger partial charge >= 0.3 is 0 Å². The van der Waals surface area contributed by atoms with Crippen LogP contribution in [0.4, 0.5) is 14.6 Å². The predicted octanol–water partition coefficient (Wildman–Crippen LogP) is 5.67. The molecule has 246 valence electrons. The number of carbonyl (C=O) groups is 1. The fourth-order valence-electron chi connectivity index (χ4n) is 7.58. The molecule has 1 saturated heterocycles. The average Bonchev–Trinajstić information content (AvgIpc) is 3.65. The van der Waals surface area contributed by atoms with E-state index in [1.807, 2.05) is 18.2 Å². The SMILES string of the molecule is Cc1cc(NS(C)(=O)=O)n(-c2ccc(O[C@@H]3CC[C@@H](NC(=O)[C@]4(F)CNC5(CCC5)C4)C3)c(-c3cccc(F)c3C3CCC3)c2)n1. The molecule has 3 atom stereocenters. The molecule has 9 nitrogen and oxygen atoms in total. The number of hydrogen-bond acceptors (Lipinski definition) is 6. The maximum absolute atomic E-state index is 15.6. The van der Waals surface area contributed by atoms with E-state index in [1.165, 1.54) is 10.7 Å². The van der Waals surface area contributed by atoms with Gasteiger partial charge in [0, 0.05) is 42.6 Å². The molecule has 0 radical (unpaired) electrons. The van der Waals surface area contributed by atoms with Crippen LogP contribution in [0.2, 0.25) is 0 Å². The Morgan fingerprint density at radius 1 is 1.09 bits per heavy atom. The zero-order valence-electron chi connectivity index (χ0n) is 26.2. The number of aryl methyl sites for hydroxylation is 1. The van der Waals surface area contributed by atoms with E-state index in [2.05, 4.69) is 20.5 Å². The molecule has 2 heterocycles. The van der Waals surface area contributed by atoms with E-state index in [1.54, 1.807) is 25.1 Å². The first kappa shape index (κ1) is 31.1. The Labute approximate surface area is 268 Å². The fourth-order valence-corrected chi connectivity index (χ4v) is 8.11. The number of nitrogens with zero attached hydrogens (tertiary/aromatic N) is 2. The first-order valence-corrected chi connectivity index (χ1v) is 18.2. The van der Waals surface area contributed by atoms with Gasteiger partial charge in [-0.05, 0) is 93.2 Å². The molecule has 2 aromatic carbocycles. The van der Waals surface area contributed by atoms with Crippen molar-refractivity contribution in [3.8, 4) is 22.6 Å². The lowest BCUT2D eigenvalue weighted by molar-refractivity contribution is -0.133. The van der Waals surface area contributed by atoms with Crippen molar-refractivity contribution in [2.75, 3.05) is 17.5 Å². The number of alkyl halides is 1. The van der Waals surface area contributed by atoms with Gasteiger partial charge < -0.3 is 15.4 Å². The second-order valence-corrected chi connectivity index (χ2v) is 15.6. The molecule has 0 bridgehead atoms. The molecule has 12 heteroatoms. The third kappa shape index (κ3) is 6.01. The third-order valence-corrected chi connectivity index (χ3v) is 10.9. The summed E-state index contributed by atoms with van der Waals surface area (Å²) < 4.78 is 65.9. The van der Waals surface area contributed by atoms with Crippen LogP contribution in [-0.4, -0.2) is 60.3 Å². The van der Waals surface area contributed by atoms with Crippen molar-refractivity contribution in [3.05, 3.63) is 59.5 Å². The lowest BCUT2D eigenvalue weighted by atomic mass is 9.74.